The number of aliphatic hydroxyl groups excluding tert-OH is 2. The minimum atomic E-state index is -1.40. The molecule has 0 spiro atoms. The van der Waals surface area contributed by atoms with Gasteiger partial charge in [-0.2, -0.15) is 0 Å². The molecule has 152 valence electrons. The highest BCUT2D eigenvalue weighted by Crippen LogP contribution is 2.16. The molecule has 2 aromatic carbocycles. The van der Waals surface area contributed by atoms with Crippen LogP contribution in [0.2, 0.25) is 0 Å². The zero-order valence-electron chi connectivity index (χ0n) is 16.2. The summed E-state index contributed by atoms with van der Waals surface area (Å²) in [4.78, 5) is 32.0. The summed E-state index contributed by atoms with van der Waals surface area (Å²) in [6.45, 7) is 5.59. The smallest absolute Gasteiger partial charge is 0.377 e. The van der Waals surface area contributed by atoms with Crippen LogP contribution in [-0.2, 0) is 4.79 Å². The average molecular weight is 390 g/mol. The number of carboxylic acids is 2. The van der Waals surface area contributed by atoms with Crippen LogP contribution in [0.1, 0.15) is 43.8 Å². The van der Waals surface area contributed by atoms with E-state index in [-0.39, 0.29) is 13.2 Å². The van der Waals surface area contributed by atoms with Crippen LogP contribution in [0.3, 0.4) is 0 Å². The predicted molar refractivity (Wildman–Crippen MR) is 105 cm³/mol. The number of hydrogen-bond donors (Lipinski definition) is 4. The molecule has 2 aromatic rings. The van der Waals surface area contributed by atoms with Gasteiger partial charge in [-0.3, -0.25) is 4.79 Å². The molecular formula is C21H26O7. The topological polar surface area (TPSA) is 132 Å². The Kier molecular flexibility index (Phi) is 11.8. The van der Waals surface area contributed by atoms with Gasteiger partial charge in [-0.25, -0.2) is 9.59 Å². The van der Waals surface area contributed by atoms with Gasteiger partial charge in [0.15, 0.2) is 0 Å². The number of aliphatic hydroxyl groups is 2. The van der Waals surface area contributed by atoms with E-state index in [2.05, 4.69) is 0 Å². The third-order valence-corrected chi connectivity index (χ3v) is 3.44. The van der Waals surface area contributed by atoms with Crippen molar-refractivity contribution in [1.29, 1.82) is 0 Å². The second-order valence-electron chi connectivity index (χ2n) is 5.88. The van der Waals surface area contributed by atoms with Crippen LogP contribution in [0.5, 0.6) is 0 Å². The molecule has 0 unspecified atom stereocenters. The molecule has 0 atom stereocenters. The molecule has 0 fully saturated rings. The van der Waals surface area contributed by atoms with Gasteiger partial charge in [-0.1, -0.05) is 35.9 Å². The highest BCUT2D eigenvalue weighted by atomic mass is 16.4. The van der Waals surface area contributed by atoms with Crippen molar-refractivity contribution in [2.45, 2.75) is 27.2 Å². The molecule has 0 aliphatic rings. The summed E-state index contributed by atoms with van der Waals surface area (Å²) in [7, 11) is 0. The number of Topliss-reactive ketones (excluding diaryl/α,β-unsaturated/α-hetero) is 1. The molecule has 0 heterocycles. The van der Waals surface area contributed by atoms with Crippen LogP contribution in [0.4, 0.5) is 0 Å². The summed E-state index contributed by atoms with van der Waals surface area (Å²) >= 11 is 0. The molecule has 0 saturated carbocycles. The van der Waals surface area contributed by atoms with E-state index in [9.17, 15) is 14.4 Å². The number of carboxylic acid groups (broad SMARTS) is 2. The van der Waals surface area contributed by atoms with Gasteiger partial charge >= 0.3 is 11.9 Å². The number of benzene rings is 2. The lowest BCUT2D eigenvalue weighted by molar-refractivity contribution is -0.131. The number of aromatic carboxylic acids is 1. The number of carbonyl (C=O) groups excluding carboxylic acids is 1. The van der Waals surface area contributed by atoms with E-state index >= 15 is 0 Å². The summed E-state index contributed by atoms with van der Waals surface area (Å²) in [6.07, 6.45) is 0.500. The Morgan fingerprint density at radius 3 is 1.57 bits per heavy atom. The van der Waals surface area contributed by atoms with Crippen molar-refractivity contribution in [3.63, 3.8) is 0 Å². The van der Waals surface area contributed by atoms with E-state index in [4.69, 9.17) is 20.4 Å². The first-order valence-electron chi connectivity index (χ1n) is 8.51. The fourth-order valence-corrected chi connectivity index (χ4v) is 2.30. The second-order valence-corrected chi connectivity index (χ2v) is 5.88. The zero-order chi connectivity index (χ0) is 21.7. The van der Waals surface area contributed by atoms with Crippen LogP contribution in [0, 0.1) is 20.8 Å². The molecule has 7 nitrogen and oxygen atoms in total. The first-order chi connectivity index (χ1) is 13.1. The Balaban J connectivity index is 0.000000445. The molecular weight excluding hydrogens is 364 g/mol. The van der Waals surface area contributed by atoms with E-state index in [1.54, 1.807) is 44.2 Å². The number of aryl methyl sites for hydroxylation is 3. The monoisotopic (exact) mass is 390 g/mol. The minimum absolute atomic E-state index is 0.0938. The van der Waals surface area contributed by atoms with Crippen LogP contribution in [0.25, 0.3) is 0 Å². The Bertz CT molecular complexity index is 758. The van der Waals surface area contributed by atoms with E-state index < -0.39 is 17.7 Å². The van der Waals surface area contributed by atoms with Gasteiger partial charge in [-0.05, 0) is 50.5 Å². The molecule has 0 amide bonds. The predicted octanol–water partition coefficient (Wildman–Crippen LogP) is 2.63. The quantitative estimate of drug-likeness (QED) is 0.456. The van der Waals surface area contributed by atoms with Crippen LogP contribution in [0.15, 0.2) is 42.5 Å². The van der Waals surface area contributed by atoms with Gasteiger partial charge in [0.05, 0.1) is 5.56 Å². The van der Waals surface area contributed by atoms with E-state index in [1.165, 1.54) is 0 Å². The highest BCUT2D eigenvalue weighted by molar-refractivity contribution is 6.40. The van der Waals surface area contributed by atoms with Crippen LogP contribution >= 0.6 is 0 Å². The normalized spacial score (nSPS) is 9.32. The first-order valence-corrected chi connectivity index (χ1v) is 8.51. The van der Waals surface area contributed by atoms with Gasteiger partial charge in [-0.15, -0.1) is 0 Å². The Labute approximate surface area is 163 Å². The molecule has 0 saturated heterocycles. The number of ketones is 1. The van der Waals surface area contributed by atoms with E-state index in [0.717, 1.165) is 16.7 Å². The fourth-order valence-electron chi connectivity index (χ4n) is 2.30. The summed E-state index contributed by atoms with van der Waals surface area (Å²) in [5.74, 6) is -3.12. The summed E-state index contributed by atoms with van der Waals surface area (Å²) < 4.78 is 0. The third-order valence-electron chi connectivity index (χ3n) is 3.44. The van der Waals surface area contributed by atoms with Gasteiger partial charge in [0.25, 0.3) is 5.78 Å². The molecule has 0 aromatic heterocycles. The molecule has 0 aliphatic carbocycles. The van der Waals surface area contributed by atoms with E-state index in [0.29, 0.717) is 17.5 Å². The summed E-state index contributed by atoms with van der Waals surface area (Å²) in [6, 6.07) is 11.9. The minimum Gasteiger partial charge on any atom is -0.478 e. The van der Waals surface area contributed by atoms with Crippen LogP contribution < -0.4 is 0 Å². The molecule has 2 rings (SSSR count). The van der Waals surface area contributed by atoms with Crippen molar-refractivity contribution < 1.29 is 34.8 Å². The average Bonchev–Trinajstić information content (AvgIpc) is 2.63. The number of aliphatic carboxylic acids is 1. The standard InChI is InChI=1S/C11H12O3.C7H6O2.C3H8O2/c1-6-4-7(2)9(8(3)5-6)10(12)11(13)14;8-7(9)6-4-2-1-3-5-6;4-2-1-3-5/h4-5H,1-3H3,(H,13,14);1-5H,(H,8,9);4-5H,1-3H2. The Hall–Kier alpha value is -3.03. The lowest BCUT2D eigenvalue weighted by Gasteiger charge is -2.07. The Morgan fingerprint density at radius 2 is 1.29 bits per heavy atom. The van der Waals surface area contributed by atoms with Gasteiger partial charge in [0.2, 0.25) is 0 Å². The Morgan fingerprint density at radius 1 is 0.821 bits per heavy atom. The maximum Gasteiger partial charge on any atom is 0.377 e. The first kappa shape index (κ1) is 25.0. The number of rotatable bonds is 5. The second kappa shape index (κ2) is 13.2. The molecule has 4 N–H and O–H groups in total. The lowest BCUT2D eigenvalue weighted by Crippen LogP contribution is -2.15. The van der Waals surface area contributed by atoms with Crippen molar-refractivity contribution in [2.75, 3.05) is 13.2 Å². The maximum absolute atomic E-state index is 11.3. The van der Waals surface area contributed by atoms with Gasteiger partial charge in [0, 0.05) is 18.8 Å². The molecule has 0 radical (unpaired) electrons. The zero-order valence-corrected chi connectivity index (χ0v) is 16.2. The maximum atomic E-state index is 11.3. The van der Waals surface area contributed by atoms with Crippen molar-refractivity contribution in [2.24, 2.45) is 0 Å². The van der Waals surface area contributed by atoms with Crippen LogP contribution in [-0.4, -0.2) is 51.4 Å². The lowest BCUT2D eigenvalue weighted by atomic mass is 9.97. The number of carbonyl (C=O) groups is 3. The SMILES string of the molecule is Cc1cc(C)c(C(=O)C(=O)O)c(C)c1.O=C(O)c1ccccc1.OCCCO. The molecule has 28 heavy (non-hydrogen) atoms. The molecule has 7 heteroatoms. The number of hydrogen-bond acceptors (Lipinski definition) is 5. The van der Waals surface area contributed by atoms with Crippen molar-refractivity contribution in [1.82, 2.24) is 0 Å². The van der Waals surface area contributed by atoms with Gasteiger partial charge in [0.1, 0.15) is 0 Å². The summed E-state index contributed by atoms with van der Waals surface area (Å²) in [5, 5.41) is 32.8. The van der Waals surface area contributed by atoms with Gasteiger partial charge < -0.3 is 20.4 Å². The third kappa shape index (κ3) is 9.07. The van der Waals surface area contributed by atoms with E-state index in [1.807, 2.05) is 19.1 Å². The summed E-state index contributed by atoms with van der Waals surface area (Å²) in [5.41, 5.74) is 3.10. The molecule has 0 bridgehead atoms. The van der Waals surface area contributed by atoms with Crippen molar-refractivity contribution in [3.8, 4) is 0 Å². The molecule has 0 aliphatic heterocycles. The van der Waals surface area contributed by atoms with Crippen molar-refractivity contribution >= 4 is 17.7 Å². The van der Waals surface area contributed by atoms with Crippen molar-refractivity contribution in [3.05, 3.63) is 70.3 Å². The highest BCUT2D eigenvalue weighted by Gasteiger charge is 2.19. The fraction of sp³-hybridized carbons (Fsp3) is 0.286. The largest absolute Gasteiger partial charge is 0.478 e.